The van der Waals surface area contributed by atoms with E-state index in [4.69, 9.17) is 9.15 Å². The molecule has 0 radical (unpaired) electrons. The maximum atomic E-state index is 12.0. The van der Waals surface area contributed by atoms with E-state index in [2.05, 4.69) is 21.2 Å². The summed E-state index contributed by atoms with van der Waals surface area (Å²) < 4.78 is 11.2. The lowest BCUT2D eigenvalue weighted by Gasteiger charge is -2.11. The first-order valence-electron chi connectivity index (χ1n) is 6.40. The second-order valence-corrected chi connectivity index (χ2v) is 5.59. The number of carbonyl (C=O) groups excluding carboxylic acids is 1. The molecule has 1 aliphatic heterocycles. The fraction of sp³-hybridized carbons (Fsp3) is 0.267. The summed E-state index contributed by atoms with van der Waals surface area (Å²) in [5.41, 5.74) is 1.52. The van der Waals surface area contributed by atoms with Gasteiger partial charge >= 0.3 is 0 Å². The molecule has 0 aliphatic carbocycles. The van der Waals surface area contributed by atoms with Gasteiger partial charge in [0, 0.05) is 0 Å². The maximum Gasteiger partial charge on any atom is 0.255 e. The van der Waals surface area contributed by atoms with Crippen molar-refractivity contribution in [2.75, 3.05) is 13.2 Å². The van der Waals surface area contributed by atoms with Gasteiger partial charge in [-0.15, -0.1) is 0 Å². The van der Waals surface area contributed by atoms with Crippen LogP contribution in [0.25, 0.3) is 0 Å². The minimum atomic E-state index is -0.102. The molecule has 1 amide bonds. The van der Waals surface area contributed by atoms with E-state index in [1.54, 1.807) is 0 Å². The zero-order chi connectivity index (χ0) is 14.1. The molecule has 0 saturated heterocycles. The van der Waals surface area contributed by atoms with E-state index >= 15 is 0 Å². The van der Waals surface area contributed by atoms with E-state index in [9.17, 15) is 4.79 Å². The summed E-state index contributed by atoms with van der Waals surface area (Å²) in [6, 6.07) is 9.46. The van der Waals surface area contributed by atoms with Crippen molar-refractivity contribution in [3.8, 4) is 5.75 Å². The Balaban J connectivity index is 1.97. The first kappa shape index (κ1) is 13.2. The van der Waals surface area contributed by atoms with Gasteiger partial charge in [0.15, 0.2) is 0 Å². The molecule has 1 aromatic carbocycles. The van der Waals surface area contributed by atoms with Gasteiger partial charge in [-0.25, -0.2) is 0 Å². The van der Waals surface area contributed by atoms with Gasteiger partial charge in [0.1, 0.15) is 23.9 Å². The molecule has 1 aromatic heterocycles. The fourth-order valence-electron chi connectivity index (χ4n) is 2.18. The van der Waals surface area contributed by atoms with Crippen LogP contribution in [0.1, 0.15) is 32.3 Å². The Morgan fingerprint density at radius 3 is 2.90 bits per heavy atom. The Hall–Kier alpha value is -1.75. The Kier molecular flexibility index (Phi) is 3.53. The fourth-order valence-corrected chi connectivity index (χ4v) is 2.71. The van der Waals surface area contributed by atoms with Gasteiger partial charge in [0.25, 0.3) is 5.91 Å². The van der Waals surface area contributed by atoms with E-state index in [-0.39, 0.29) is 10.7 Å². The van der Waals surface area contributed by atoms with Gasteiger partial charge in [-0.05, 0) is 36.8 Å². The number of rotatable bonds is 2. The summed E-state index contributed by atoms with van der Waals surface area (Å²) in [4.78, 5) is 11.9. The van der Waals surface area contributed by atoms with Crippen molar-refractivity contribution in [1.29, 1.82) is 0 Å². The van der Waals surface area contributed by atoms with Gasteiger partial charge in [0.2, 0.25) is 0 Å². The second-order valence-electron chi connectivity index (χ2n) is 4.67. The molecule has 3 rings (SSSR count). The van der Waals surface area contributed by atoms with Crippen molar-refractivity contribution in [3.05, 3.63) is 53.0 Å². The van der Waals surface area contributed by atoms with Crippen LogP contribution in [0, 0.1) is 6.92 Å². The number of furan rings is 1. The summed E-state index contributed by atoms with van der Waals surface area (Å²) in [6.07, 6.45) is 0. The molecule has 1 atom stereocenters. The quantitative estimate of drug-likeness (QED) is 0.857. The van der Waals surface area contributed by atoms with Gasteiger partial charge in [0.05, 0.1) is 16.9 Å². The minimum Gasteiger partial charge on any atom is -0.491 e. The molecule has 2 heterocycles. The highest BCUT2D eigenvalue weighted by molar-refractivity contribution is 9.09. The van der Waals surface area contributed by atoms with Crippen LogP contribution in [0.3, 0.4) is 0 Å². The first-order valence-corrected chi connectivity index (χ1v) is 7.32. The summed E-state index contributed by atoms with van der Waals surface area (Å²) in [6.45, 7) is 2.92. The van der Waals surface area contributed by atoms with Gasteiger partial charge in [-0.1, -0.05) is 22.0 Å². The molecule has 0 bridgehead atoms. The largest absolute Gasteiger partial charge is 0.491 e. The Morgan fingerprint density at radius 1 is 1.30 bits per heavy atom. The number of carbonyl (C=O) groups is 1. The molecule has 2 aromatic rings. The summed E-state index contributed by atoms with van der Waals surface area (Å²) in [5.74, 6) is 2.20. The first-order chi connectivity index (χ1) is 9.65. The van der Waals surface area contributed by atoms with Crippen molar-refractivity contribution in [3.63, 3.8) is 0 Å². The van der Waals surface area contributed by atoms with Crippen LogP contribution in [0.15, 0.2) is 34.7 Å². The summed E-state index contributed by atoms with van der Waals surface area (Å²) in [5, 5.41) is 2.81. The monoisotopic (exact) mass is 335 g/mol. The highest BCUT2D eigenvalue weighted by atomic mass is 79.9. The van der Waals surface area contributed by atoms with E-state index in [1.165, 1.54) is 0 Å². The molecular weight excluding hydrogens is 322 g/mol. The molecule has 5 heteroatoms. The standard InChI is InChI=1S/C15H14BrNO3/c1-9-2-4-13(20-9)14(16)10-3-5-12-11(8-10)15(18)17-6-7-19-12/h2-5,8,14H,6-7H2,1H3,(H,17,18). The number of nitrogens with one attached hydrogen (secondary N) is 1. The highest BCUT2D eigenvalue weighted by Crippen LogP contribution is 2.34. The van der Waals surface area contributed by atoms with E-state index in [1.807, 2.05) is 37.3 Å². The van der Waals surface area contributed by atoms with Crippen molar-refractivity contribution in [1.82, 2.24) is 5.32 Å². The van der Waals surface area contributed by atoms with Crippen molar-refractivity contribution >= 4 is 21.8 Å². The highest BCUT2D eigenvalue weighted by Gasteiger charge is 2.20. The summed E-state index contributed by atoms with van der Waals surface area (Å²) >= 11 is 3.61. The molecule has 0 spiro atoms. The number of aryl methyl sites for hydroxylation is 1. The Labute approximate surface area is 125 Å². The van der Waals surface area contributed by atoms with Crippen molar-refractivity contribution in [2.24, 2.45) is 0 Å². The number of hydrogen-bond acceptors (Lipinski definition) is 3. The zero-order valence-electron chi connectivity index (χ0n) is 11.0. The number of benzene rings is 1. The smallest absolute Gasteiger partial charge is 0.255 e. The number of amides is 1. The van der Waals surface area contributed by atoms with Gasteiger partial charge in [-0.2, -0.15) is 0 Å². The topological polar surface area (TPSA) is 51.5 Å². The molecule has 1 aliphatic rings. The third-order valence-corrected chi connectivity index (χ3v) is 4.18. The number of ether oxygens (including phenoxy) is 1. The summed E-state index contributed by atoms with van der Waals surface area (Å²) in [7, 11) is 0. The van der Waals surface area contributed by atoms with E-state index in [0.29, 0.717) is 24.5 Å². The predicted octanol–water partition coefficient (Wildman–Crippen LogP) is 3.19. The number of alkyl halides is 1. The zero-order valence-corrected chi connectivity index (χ0v) is 12.6. The third-order valence-electron chi connectivity index (χ3n) is 3.20. The normalized spacial score (nSPS) is 15.8. The molecule has 104 valence electrons. The van der Waals surface area contributed by atoms with Crippen LogP contribution in [0.4, 0.5) is 0 Å². The van der Waals surface area contributed by atoms with Gasteiger partial charge < -0.3 is 14.5 Å². The van der Waals surface area contributed by atoms with E-state index in [0.717, 1.165) is 17.1 Å². The van der Waals surface area contributed by atoms with Crippen molar-refractivity contribution in [2.45, 2.75) is 11.8 Å². The molecule has 1 unspecified atom stereocenters. The average Bonchev–Trinajstić information content (AvgIpc) is 2.80. The molecular formula is C15H14BrNO3. The average molecular weight is 336 g/mol. The molecule has 20 heavy (non-hydrogen) atoms. The number of halogens is 1. The number of hydrogen-bond donors (Lipinski definition) is 1. The molecule has 1 N–H and O–H groups in total. The van der Waals surface area contributed by atoms with Crippen LogP contribution in [-0.2, 0) is 0 Å². The maximum absolute atomic E-state index is 12.0. The van der Waals surface area contributed by atoms with Crippen molar-refractivity contribution < 1.29 is 13.9 Å². The third kappa shape index (κ3) is 2.45. The molecule has 0 fully saturated rings. The minimum absolute atomic E-state index is 0.0856. The Bertz CT molecular complexity index is 650. The molecule has 4 nitrogen and oxygen atoms in total. The second kappa shape index (κ2) is 5.32. The van der Waals surface area contributed by atoms with Crippen LogP contribution in [0.2, 0.25) is 0 Å². The lowest BCUT2D eigenvalue weighted by atomic mass is 10.1. The van der Waals surface area contributed by atoms with Crippen LogP contribution < -0.4 is 10.1 Å². The van der Waals surface area contributed by atoms with Crippen LogP contribution >= 0.6 is 15.9 Å². The lowest BCUT2D eigenvalue weighted by molar-refractivity contribution is 0.0957. The van der Waals surface area contributed by atoms with Crippen LogP contribution in [-0.4, -0.2) is 19.1 Å². The predicted molar refractivity (Wildman–Crippen MR) is 78.5 cm³/mol. The SMILES string of the molecule is Cc1ccc(C(Br)c2ccc3c(c2)C(=O)NCCO3)o1. The van der Waals surface area contributed by atoms with Crippen LogP contribution in [0.5, 0.6) is 5.75 Å². The van der Waals surface area contributed by atoms with E-state index < -0.39 is 0 Å². The van der Waals surface area contributed by atoms with Gasteiger partial charge in [-0.3, -0.25) is 4.79 Å². The lowest BCUT2D eigenvalue weighted by Crippen LogP contribution is -2.24. The number of fused-ring (bicyclic) bond motifs is 1. The molecule has 0 saturated carbocycles. The Morgan fingerprint density at radius 2 is 2.15 bits per heavy atom.